The molecule has 1 saturated carbocycles. The van der Waals surface area contributed by atoms with E-state index in [-0.39, 0.29) is 0 Å². The van der Waals surface area contributed by atoms with E-state index < -0.39 is 0 Å². The normalized spacial score (nSPS) is 23.2. The van der Waals surface area contributed by atoms with Gasteiger partial charge >= 0.3 is 0 Å². The highest BCUT2D eigenvalue weighted by Gasteiger charge is 2.23. The largest absolute Gasteiger partial charge is 0.0950 e. The zero-order valence-corrected chi connectivity index (χ0v) is 21.8. The molecular weight excluding hydrogens is 396 g/mol. The van der Waals surface area contributed by atoms with Crippen molar-refractivity contribution in [2.75, 3.05) is 0 Å². The van der Waals surface area contributed by atoms with Crippen molar-refractivity contribution in [2.45, 2.75) is 104 Å². The Morgan fingerprint density at radius 1 is 1.06 bits per heavy atom. The topological polar surface area (TPSA) is 0 Å². The Morgan fingerprint density at radius 2 is 1.82 bits per heavy atom. The molecule has 0 bridgehead atoms. The van der Waals surface area contributed by atoms with Crippen LogP contribution in [0.1, 0.15) is 109 Å². The van der Waals surface area contributed by atoms with E-state index in [1.165, 1.54) is 93.7 Å². The molecule has 1 unspecified atom stereocenters. The minimum atomic E-state index is 0.674. The molecule has 33 heavy (non-hydrogen) atoms. The molecule has 0 saturated heterocycles. The molecule has 180 valence electrons. The van der Waals surface area contributed by atoms with Gasteiger partial charge in [0.1, 0.15) is 0 Å². The number of unbranched alkanes of at least 4 members (excludes halogenated alkanes) is 3. The first kappa shape index (κ1) is 25.8. The molecule has 1 atom stereocenters. The van der Waals surface area contributed by atoms with Crippen LogP contribution in [0, 0.1) is 17.8 Å². The summed E-state index contributed by atoms with van der Waals surface area (Å²) in [6, 6.07) is 9.39. The maximum absolute atomic E-state index is 4.53. The summed E-state index contributed by atoms with van der Waals surface area (Å²) in [7, 11) is 0. The van der Waals surface area contributed by atoms with E-state index in [2.05, 4.69) is 75.9 Å². The van der Waals surface area contributed by atoms with E-state index >= 15 is 0 Å². The van der Waals surface area contributed by atoms with Crippen LogP contribution in [0.25, 0.3) is 5.57 Å². The molecule has 0 heterocycles. The van der Waals surface area contributed by atoms with Crippen LogP contribution in [0.4, 0.5) is 0 Å². The fraction of sp³-hybridized carbons (Fsp3) is 0.576. The average Bonchev–Trinajstić information content (AvgIpc) is 3.33. The maximum atomic E-state index is 4.53. The van der Waals surface area contributed by atoms with Crippen LogP contribution >= 0.6 is 0 Å². The van der Waals surface area contributed by atoms with Gasteiger partial charge < -0.3 is 0 Å². The first-order valence-corrected chi connectivity index (χ1v) is 13.9. The molecule has 0 nitrogen and oxygen atoms in total. The van der Waals surface area contributed by atoms with Gasteiger partial charge in [0.2, 0.25) is 0 Å². The van der Waals surface area contributed by atoms with Crippen molar-refractivity contribution in [2.24, 2.45) is 17.8 Å². The summed E-state index contributed by atoms with van der Waals surface area (Å²) >= 11 is 0. The lowest BCUT2D eigenvalue weighted by Gasteiger charge is -2.30. The Hall–Kier alpha value is -1.82. The second-order valence-electron chi connectivity index (χ2n) is 10.7. The van der Waals surface area contributed by atoms with E-state index in [0.29, 0.717) is 11.8 Å². The molecule has 1 aromatic carbocycles. The molecule has 2 aliphatic rings. The van der Waals surface area contributed by atoms with Crippen LogP contribution < -0.4 is 0 Å². The van der Waals surface area contributed by atoms with Crippen molar-refractivity contribution in [1.82, 2.24) is 0 Å². The highest BCUT2D eigenvalue weighted by Crippen LogP contribution is 2.38. The molecule has 0 aliphatic heterocycles. The van der Waals surface area contributed by atoms with E-state index in [1.807, 2.05) is 0 Å². The smallest absolute Gasteiger partial charge is 0.00995 e. The standard InChI is InChI=1S/C33H48/c1-5-7-9-10-12-28-15-20-31(21-16-28)27(4)32-22-17-29(18-23-32)14-13-26(3)33-24-19-30(25-33)11-8-6-2/h6,8,11,17-18,22-24,26,28,31H,4-5,7,9-10,12-16,19-21,25H2,1-3H3/b8-6-,30-11+. The summed E-state index contributed by atoms with van der Waals surface area (Å²) in [5.74, 6) is 2.34. The SMILES string of the molecule is C=C(c1ccc(CCC(C)C2=CC/C(=C\C=C/C)C2)cc1)C1CCC(CCCCCC)CC1. The molecule has 3 rings (SSSR count). The highest BCUT2D eigenvalue weighted by molar-refractivity contribution is 5.65. The van der Waals surface area contributed by atoms with E-state index in [4.69, 9.17) is 0 Å². The van der Waals surface area contributed by atoms with Gasteiger partial charge in [-0.1, -0.05) is 112 Å². The van der Waals surface area contributed by atoms with Gasteiger partial charge in [0.25, 0.3) is 0 Å². The lowest BCUT2D eigenvalue weighted by atomic mass is 9.75. The first-order chi connectivity index (χ1) is 16.1. The van der Waals surface area contributed by atoms with Gasteiger partial charge in [0, 0.05) is 0 Å². The predicted molar refractivity (Wildman–Crippen MR) is 147 cm³/mol. The van der Waals surface area contributed by atoms with Gasteiger partial charge in [-0.2, -0.15) is 0 Å². The third-order valence-corrected chi connectivity index (χ3v) is 8.21. The number of rotatable bonds is 12. The fourth-order valence-electron chi connectivity index (χ4n) is 5.75. The monoisotopic (exact) mass is 444 g/mol. The number of aryl methyl sites for hydroxylation is 1. The highest BCUT2D eigenvalue weighted by atomic mass is 14.3. The Kier molecular flexibility index (Phi) is 10.8. The summed E-state index contributed by atoms with van der Waals surface area (Å²) in [5, 5.41) is 0. The molecule has 0 N–H and O–H groups in total. The predicted octanol–water partition coefficient (Wildman–Crippen LogP) is 10.3. The second-order valence-corrected chi connectivity index (χ2v) is 10.7. The summed E-state index contributed by atoms with van der Waals surface area (Å²) in [6.07, 6.45) is 26.4. The second kappa shape index (κ2) is 13.8. The third-order valence-electron chi connectivity index (χ3n) is 8.21. The van der Waals surface area contributed by atoms with Gasteiger partial charge in [-0.25, -0.2) is 0 Å². The van der Waals surface area contributed by atoms with Crippen LogP contribution in [0.2, 0.25) is 0 Å². The number of hydrogen-bond donors (Lipinski definition) is 0. The number of allylic oxidation sites excluding steroid dienone is 7. The van der Waals surface area contributed by atoms with Gasteiger partial charge in [-0.05, 0) is 92.7 Å². The van der Waals surface area contributed by atoms with E-state index in [9.17, 15) is 0 Å². The Morgan fingerprint density at radius 3 is 2.52 bits per heavy atom. The van der Waals surface area contributed by atoms with E-state index in [0.717, 1.165) is 12.3 Å². The fourth-order valence-corrected chi connectivity index (χ4v) is 5.75. The molecule has 2 aliphatic carbocycles. The lowest BCUT2D eigenvalue weighted by Crippen LogP contribution is -2.15. The molecule has 1 aromatic rings. The minimum Gasteiger partial charge on any atom is -0.0950 e. The zero-order chi connectivity index (χ0) is 23.5. The molecule has 0 radical (unpaired) electrons. The molecule has 0 heteroatoms. The maximum Gasteiger partial charge on any atom is -0.00995 e. The zero-order valence-electron chi connectivity index (χ0n) is 21.8. The van der Waals surface area contributed by atoms with Crippen LogP contribution in [-0.2, 0) is 6.42 Å². The van der Waals surface area contributed by atoms with Crippen LogP contribution in [0.15, 0.2) is 66.3 Å². The lowest BCUT2D eigenvalue weighted by molar-refractivity contribution is 0.294. The Balaban J connectivity index is 1.40. The Labute approximate surface area is 205 Å². The molecule has 0 spiro atoms. The first-order valence-electron chi connectivity index (χ1n) is 13.9. The summed E-state index contributed by atoms with van der Waals surface area (Å²) in [6.45, 7) is 11.3. The number of benzene rings is 1. The third kappa shape index (κ3) is 8.16. The summed E-state index contributed by atoms with van der Waals surface area (Å²) < 4.78 is 0. The van der Waals surface area contributed by atoms with Crippen molar-refractivity contribution in [1.29, 1.82) is 0 Å². The quantitative estimate of drug-likeness (QED) is 0.222. The molecular formula is C33H48. The Bertz CT molecular complexity index is 808. The van der Waals surface area contributed by atoms with Crippen LogP contribution in [-0.4, -0.2) is 0 Å². The molecule has 1 fully saturated rings. The van der Waals surface area contributed by atoms with Crippen LogP contribution in [0.5, 0.6) is 0 Å². The summed E-state index contributed by atoms with van der Waals surface area (Å²) in [5.41, 5.74) is 7.42. The van der Waals surface area contributed by atoms with Crippen molar-refractivity contribution in [3.63, 3.8) is 0 Å². The molecule has 0 amide bonds. The van der Waals surface area contributed by atoms with Crippen molar-refractivity contribution < 1.29 is 0 Å². The van der Waals surface area contributed by atoms with Crippen LogP contribution in [0.3, 0.4) is 0 Å². The van der Waals surface area contributed by atoms with Crippen molar-refractivity contribution >= 4 is 5.57 Å². The van der Waals surface area contributed by atoms with Gasteiger partial charge in [0.15, 0.2) is 0 Å². The number of hydrogen-bond acceptors (Lipinski definition) is 0. The summed E-state index contributed by atoms with van der Waals surface area (Å²) in [4.78, 5) is 0. The van der Waals surface area contributed by atoms with Gasteiger partial charge in [0.05, 0.1) is 0 Å². The average molecular weight is 445 g/mol. The van der Waals surface area contributed by atoms with Crippen molar-refractivity contribution in [3.8, 4) is 0 Å². The van der Waals surface area contributed by atoms with Gasteiger partial charge in [-0.3, -0.25) is 0 Å². The molecule has 0 aromatic heterocycles. The van der Waals surface area contributed by atoms with E-state index in [1.54, 1.807) is 11.1 Å². The van der Waals surface area contributed by atoms with Crippen molar-refractivity contribution in [3.05, 3.63) is 77.4 Å². The van der Waals surface area contributed by atoms with Gasteiger partial charge in [-0.15, -0.1) is 0 Å². The minimum absolute atomic E-state index is 0.674.